The summed E-state index contributed by atoms with van der Waals surface area (Å²) in [6, 6.07) is 14.4. The molecular weight excluding hydrogens is 580 g/mol. The van der Waals surface area contributed by atoms with Crippen LogP contribution in [0.5, 0.6) is 11.5 Å². The monoisotopic (exact) mass is 618 g/mol. The lowest BCUT2D eigenvalue weighted by molar-refractivity contribution is -0.136. The number of carbonyl (C=O) groups is 4. The summed E-state index contributed by atoms with van der Waals surface area (Å²) in [4.78, 5) is 52.5. The number of fused-ring (bicyclic) bond motifs is 1. The Morgan fingerprint density at radius 3 is 2.51 bits per heavy atom. The lowest BCUT2D eigenvalue weighted by Crippen LogP contribution is -2.52. The number of piperidine rings is 1. The maximum Gasteiger partial charge on any atom is 0.410 e. The number of amides is 4. The van der Waals surface area contributed by atoms with Gasteiger partial charge in [0.1, 0.15) is 36.4 Å². The van der Waals surface area contributed by atoms with Crippen molar-refractivity contribution in [3.05, 3.63) is 59.2 Å². The number of nitriles is 1. The van der Waals surface area contributed by atoms with Gasteiger partial charge in [-0.25, -0.2) is 4.79 Å². The van der Waals surface area contributed by atoms with Crippen LogP contribution in [-0.4, -0.2) is 84.8 Å². The van der Waals surface area contributed by atoms with E-state index in [1.54, 1.807) is 23.1 Å². The zero-order valence-corrected chi connectivity index (χ0v) is 25.7. The minimum atomic E-state index is -0.683. The summed E-state index contributed by atoms with van der Waals surface area (Å²) < 4.78 is 23.0. The number of rotatable bonds is 10. The van der Waals surface area contributed by atoms with E-state index < -0.39 is 23.6 Å². The Morgan fingerprint density at radius 2 is 1.78 bits per heavy atom. The molecule has 3 aliphatic heterocycles. The van der Waals surface area contributed by atoms with Crippen molar-refractivity contribution in [3.8, 4) is 17.6 Å². The molecule has 0 aliphatic carbocycles. The van der Waals surface area contributed by atoms with Crippen LogP contribution in [0.15, 0.2) is 42.5 Å². The normalized spacial score (nSPS) is 21.3. The van der Waals surface area contributed by atoms with E-state index in [9.17, 15) is 24.4 Å². The van der Waals surface area contributed by atoms with E-state index in [0.717, 1.165) is 5.56 Å². The van der Waals surface area contributed by atoms with Crippen molar-refractivity contribution >= 4 is 23.8 Å². The largest absolute Gasteiger partial charge is 0.491 e. The summed E-state index contributed by atoms with van der Waals surface area (Å²) in [7, 11) is 0. The summed E-state index contributed by atoms with van der Waals surface area (Å²) in [6.07, 6.45) is 0.0792. The van der Waals surface area contributed by atoms with Crippen molar-refractivity contribution in [1.29, 1.82) is 5.26 Å². The van der Waals surface area contributed by atoms with Gasteiger partial charge in [-0.1, -0.05) is 18.2 Å². The molecular formula is C33H38N4O8. The summed E-state index contributed by atoms with van der Waals surface area (Å²) in [5.74, 6) is -0.323. The number of imide groups is 1. The van der Waals surface area contributed by atoms with Crippen molar-refractivity contribution in [2.75, 3.05) is 39.5 Å². The lowest BCUT2D eigenvalue weighted by Gasteiger charge is -2.29. The van der Waals surface area contributed by atoms with Gasteiger partial charge < -0.3 is 28.7 Å². The zero-order valence-electron chi connectivity index (χ0n) is 25.7. The molecule has 12 nitrogen and oxygen atoms in total. The second-order valence-electron chi connectivity index (χ2n) is 12.3. The number of benzene rings is 2. The molecule has 238 valence electrons. The Bertz CT molecular complexity index is 1500. The van der Waals surface area contributed by atoms with E-state index in [-0.39, 0.29) is 43.2 Å². The average Bonchev–Trinajstić information content (AvgIpc) is 3.58. The predicted octanol–water partition coefficient (Wildman–Crippen LogP) is 3.40. The van der Waals surface area contributed by atoms with Crippen LogP contribution < -0.4 is 14.8 Å². The van der Waals surface area contributed by atoms with Crippen LogP contribution in [0, 0.1) is 17.2 Å². The number of hydrogen-bond donors (Lipinski definition) is 1. The van der Waals surface area contributed by atoms with E-state index in [0.29, 0.717) is 62.0 Å². The van der Waals surface area contributed by atoms with Crippen LogP contribution in [0.3, 0.4) is 0 Å². The first-order chi connectivity index (χ1) is 21.5. The highest BCUT2D eigenvalue weighted by Crippen LogP contribution is 2.35. The van der Waals surface area contributed by atoms with Crippen molar-refractivity contribution in [3.63, 3.8) is 0 Å². The Hall–Kier alpha value is -4.63. The summed E-state index contributed by atoms with van der Waals surface area (Å²) in [6.45, 7) is 7.56. The number of ether oxygens (including phenoxy) is 4. The number of nitrogens with zero attached hydrogens (tertiary/aromatic N) is 3. The first-order valence-corrected chi connectivity index (χ1v) is 15.1. The van der Waals surface area contributed by atoms with Crippen molar-refractivity contribution in [2.24, 2.45) is 5.92 Å². The molecule has 2 fully saturated rings. The van der Waals surface area contributed by atoms with Crippen LogP contribution in [0.4, 0.5) is 4.79 Å². The molecule has 5 rings (SSSR count). The zero-order chi connectivity index (χ0) is 32.1. The molecule has 4 amide bonds. The van der Waals surface area contributed by atoms with Crippen LogP contribution in [0.1, 0.15) is 61.0 Å². The number of likely N-dealkylation sites (tertiary alicyclic amines) is 1. The lowest BCUT2D eigenvalue weighted by atomic mass is 9.90. The van der Waals surface area contributed by atoms with E-state index in [1.165, 1.54) is 4.90 Å². The number of nitrogens with one attached hydrogen (secondary N) is 1. The highest BCUT2D eigenvalue weighted by atomic mass is 16.6. The first-order valence-electron chi connectivity index (χ1n) is 15.1. The summed E-state index contributed by atoms with van der Waals surface area (Å²) in [5, 5.41) is 12.0. The van der Waals surface area contributed by atoms with Gasteiger partial charge in [0.25, 0.3) is 5.91 Å². The second kappa shape index (κ2) is 13.6. The topological polar surface area (TPSA) is 148 Å². The van der Waals surface area contributed by atoms with Gasteiger partial charge in [0.2, 0.25) is 11.8 Å². The highest BCUT2D eigenvalue weighted by molar-refractivity contribution is 6.05. The molecule has 0 saturated carbocycles. The molecule has 0 unspecified atom stereocenters. The van der Waals surface area contributed by atoms with Crippen molar-refractivity contribution in [1.82, 2.24) is 15.1 Å². The van der Waals surface area contributed by atoms with Crippen molar-refractivity contribution < 1.29 is 38.1 Å². The molecule has 0 bridgehead atoms. The maximum absolute atomic E-state index is 13.0. The minimum absolute atomic E-state index is 0.148. The Labute approximate surface area is 262 Å². The van der Waals surface area contributed by atoms with Gasteiger partial charge in [-0.05, 0) is 57.0 Å². The Balaban J connectivity index is 1.06. The quantitative estimate of drug-likeness (QED) is 0.313. The van der Waals surface area contributed by atoms with Crippen LogP contribution in [0.25, 0.3) is 0 Å². The van der Waals surface area contributed by atoms with E-state index in [4.69, 9.17) is 18.9 Å². The molecule has 2 saturated heterocycles. The molecule has 3 aliphatic rings. The molecule has 1 N–H and O–H groups in total. The van der Waals surface area contributed by atoms with E-state index >= 15 is 0 Å². The molecule has 2 aromatic rings. The Kier molecular flexibility index (Phi) is 9.58. The van der Waals surface area contributed by atoms with Crippen molar-refractivity contribution in [2.45, 2.75) is 57.7 Å². The third-order valence-electron chi connectivity index (χ3n) is 7.94. The van der Waals surface area contributed by atoms with E-state index in [1.807, 2.05) is 45.0 Å². The fraction of sp³-hybridized carbons (Fsp3) is 0.485. The standard InChI is InChI=1S/C33H38N4O8/c1-33(2,3)45-32(41)36-18-22(17-34)25(19-36)21-6-4-7-23(16-21)43-14-12-42-13-15-44-28-9-5-8-24-26(28)20-37(31(24)40)27-10-11-29(38)35-30(27)39/h4-9,16,22,25,27H,10-15,18-20H2,1-3H3,(H,35,38,39)/t22-,25+,27-/m1/s1. The first kappa shape index (κ1) is 31.8. The van der Waals surface area contributed by atoms with Gasteiger partial charge in [-0.15, -0.1) is 0 Å². The molecule has 3 heterocycles. The Morgan fingerprint density at radius 1 is 1.02 bits per heavy atom. The van der Waals surface area contributed by atoms with Crippen LogP contribution >= 0.6 is 0 Å². The predicted molar refractivity (Wildman–Crippen MR) is 160 cm³/mol. The minimum Gasteiger partial charge on any atom is -0.491 e. The molecule has 2 aromatic carbocycles. The van der Waals surface area contributed by atoms with Gasteiger partial charge >= 0.3 is 6.09 Å². The average molecular weight is 619 g/mol. The maximum atomic E-state index is 13.0. The molecule has 45 heavy (non-hydrogen) atoms. The molecule has 0 spiro atoms. The number of hydrogen-bond acceptors (Lipinski definition) is 9. The molecule has 3 atom stereocenters. The third kappa shape index (κ3) is 7.54. The second-order valence-corrected chi connectivity index (χ2v) is 12.3. The van der Waals surface area contributed by atoms with Gasteiger partial charge in [-0.2, -0.15) is 5.26 Å². The van der Waals surface area contributed by atoms with Crippen LogP contribution in [-0.2, 0) is 25.6 Å². The van der Waals surface area contributed by atoms with E-state index in [2.05, 4.69) is 11.4 Å². The fourth-order valence-electron chi connectivity index (χ4n) is 5.81. The van der Waals surface area contributed by atoms with Gasteiger partial charge in [0.15, 0.2) is 0 Å². The smallest absolute Gasteiger partial charge is 0.410 e. The molecule has 12 heteroatoms. The summed E-state index contributed by atoms with van der Waals surface area (Å²) >= 11 is 0. The van der Waals surface area contributed by atoms with Gasteiger partial charge in [-0.3, -0.25) is 19.7 Å². The molecule has 0 radical (unpaired) electrons. The van der Waals surface area contributed by atoms with Crippen LogP contribution in [0.2, 0.25) is 0 Å². The van der Waals surface area contributed by atoms with Gasteiger partial charge in [0, 0.05) is 36.6 Å². The third-order valence-corrected chi connectivity index (χ3v) is 7.94. The fourth-order valence-corrected chi connectivity index (χ4v) is 5.81. The summed E-state index contributed by atoms with van der Waals surface area (Å²) in [5.41, 5.74) is 1.52. The van der Waals surface area contributed by atoms with Gasteiger partial charge in [0.05, 0.1) is 31.7 Å². The number of carbonyl (C=O) groups excluding carboxylic acids is 4. The molecule has 0 aromatic heterocycles. The highest BCUT2D eigenvalue weighted by Gasteiger charge is 2.40. The SMILES string of the molecule is CC(C)(C)OC(=O)N1C[C@@H](C#N)[C@H](c2cccc(OCCOCCOc3cccc4c3CN([C@@H]3CCC(=O)NC3=O)C4=O)c2)C1.